The van der Waals surface area contributed by atoms with Crippen molar-refractivity contribution in [2.24, 2.45) is 5.92 Å². The molecule has 1 nitrogen and oxygen atoms in total. The SMILES string of the molecule is CSc1cccc([C@](C)(O)C(C)C)c1. The summed E-state index contributed by atoms with van der Waals surface area (Å²) in [6, 6.07) is 8.10. The van der Waals surface area contributed by atoms with Gasteiger partial charge in [-0.1, -0.05) is 26.0 Å². The summed E-state index contributed by atoms with van der Waals surface area (Å²) >= 11 is 1.70. The van der Waals surface area contributed by atoms with E-state index in [0.717, 1.165) is 5.56 Å². The van der Waals surface area contributed by atoms with Crippen LogP contribution in [0.1, 0.15) is 26.3 Å². The van der Waals surface area contributed by atoms with Gasteiger partial charge in [0.25, 0.3) is 0 Å². The Hall–Kier alpha value is -0.470. The van der Waals surface area contributed by atoms with Crippen molar-refractivity contribution in [2.75, 3.05) is 6.26 Å². The lowest BCUT2D eigenvalue weighted by atomic mass is 9.85. The molecule has 0 radical (unpaired) electrons. The Morgan fingerprint density at radius 2 is 2.00 bits per heavy atom. The van der Waals surface area contributed by atoms with E-state index >= 15 is 0 Å². The van der Waals surface area contributed by atoms with Crippen molar-refractivity contribution in [3.8, 4) is 0 Å². The Balaban J connectivity index is 3.06. The fourth-order valence-electron chi connectivity index (χ4n) is 1.27. The summed E-state index contributed by atoms with van der Waals surface area (Å²) in [5.74, 6) is 0.222. The summed E-state index contributed by atoms with van der Waals surface area (Å²) in [4.78, 5) is 1.20. The van der Waals surface area contributed by atoms with Gasteiger partial charge in [0.1, 0.15) is 0 Å². The summed E-state index contributed by atoms with van der Waals surface area (Å²) in [6.07, 6.45) is 2.04. The molecule has 0 aliphatic carbocycles. The highest BCUT2D eigenvalue weighted by Gasteiger charge is 2.26. The van der Waals surface area contributed by atoms with E-state index in [4.69, 9.17) is 0 Å². The molecule has 0 saturated carbocycles. The van der Waals surface area contributed by atoms with Crippen LogP contribution in [-0.2, 0) is 5.60 Å². The van der Waals surface area contributed by atoms with Crippen molar-refractivity contribution in [3.63, 3.8) is 0 Å². The topological polar surface area (TPSA) is 20.2 Å². The Labute approximate surface area is 90.5 Å². The van der Waals surface area contributed by atoms with Crippen molar-refractivity contribution in [3.05, 3.63) is 29.8 Å². The zero-order valence-corrected chi connectivity index (χ0v) is 10.1. The van der Waals surface area contributed by atoms with Crippen LogP contribution in [0.25, 0.3) is 0 Å². The average molecular weight is 210 g/mol. The lowest BCUT2D eigenvalue weighted by Crippen LogP contribution is -2.27. The normalized spacial score (nSPS) is 15.6. The second-order valence-electron chi connectivity index (χ2n) is 4.03. The Kier molecular flexibility index (Phi) is 3.62. The van der Waals surface area contributed by atoms with Gasteiger partial charge in [-0.3, -0.25) is 0 Å². The Morgan fingerprint density at radius 3 is 2.50 bits per heavy atom. The molecule has 0 spiro atoms. The molecule has 0 fully saturated rings. The molecule has 0 bridgehead atoms. The molecule has 0 heterocycles. The van der Waals surface area contributed by atoms with Crippen LogP contribution in [0, 0.1) is 5.92 Å². The van der Waals surface area contributed by atoms with Crippen molar-refractivity contribution < 1.29 is 5.11 Å². The number of aliphatic hydroxyl groups is 1. The van der Waals surface area contributed by atoms with Crippen molar-refractivity contribution in [1.29, 1.82) is 0 Å². The molecule has 0 amide bonds. The maximum atomic E-state index is 10.3. The number of hydrogen-bond acceptors (Lipinski definition) is 2. The maximum absolute atomic E-state index is 10.3. The van der Waals surface area contributed by atoms with Gasteiger partial charge in [-0.05, 0) is 36.8 Å². The molecule has 0 aromatic heterocycles. The highest BCUT2D eigenvalue weighted by atomic mass is 32.2. The molecule has 1 atom stereocenters. The predicted octanol–water partition coefficient (Wildman–Crippen LogP) is 3.27. The van der Waals surface area contributed by atoms with Gasteiger partial charge in [-0.25, -0.2) is 0 Å². The van der Waals surface area contributed by atoms with E-state index in [1.54, 1.807) is 11.8 Å². The molecule has 14 heavy (non-hydrogen) atoms. The number of thioether (sulfide) groups is 1. The molecule has 1 aromatic rings. The Bertz CT molecular complexity index is 305. The zero-order valence-electron chi connectivity index (χ0n) is 9.24. The van der Waals surface area contributed by atoms with Gasteiger partial charge >= 0.3 is 0 Å². The van der Waals surface area contributed by atoms with Gasteiger partial charge in [-0.15, -0.1) is 11.8 Å². The van der Waals surface area contributed by atoms with E-state index in [9.17, 15) is 5.11 Å². The molecular formula is C12H18OS. The van der Waals surface area contributed by atoms with Gasteiger partial charge in [0.2, 0.25) is 0 Å². The minimum absolute atomic E-state index is 0.222. The van der Waals surface area contributed by atoms with Crippen LogP contribution in [-0.4, -0.2) is 11.4 Å². The molecule has 78 valence electrons. The van der Waals surface area contributed by atoms with Gasteiger partial charge in [0, 0.05) is 4.90 Å². The largest absolute Gasteiger partial charge is 0.385 e. The third kappa shape index (κ3) is 2.31. The summed E-state index contributed by atoms with van der Waals surface area (Å²) in [7, 11) is 0. The van der Waals surface area contributed by atoms with Crippen LogP contribution >= 0.6 is 11.8 Å². The molecule has 0 unspecified atom stereocenters. The minimum atomic E-state index is -0.730. The first-order valence-electron chi connectivity index (χ1n) is 4.85. The zero-order chi connectivity index (χ0) is 10.8. The highest BCUT2D eigenvalue weighted by molar-refractivity contribution is 7.98. The van der Waals surface area contributed by atoms with Gasteiger partial charge < -0.3 is 5.11 Å². The van der Waals surface area contributed by atoms with Gasteiger partial charge in [0.15, 0.2) is 0 Å². The molecule has 0 aliphatic heterocycles. The summed E-state index contributed by atoms with van der Waals surface area (Å²) in [5.41, 5.74) is 0.269. The smallest absolute Gasteiger partial charge is 0.0891 e. The highest BCUT2D eigenvalue weighted by Crippen LogP contribution is 2.30. The monoisotopic (exact) mass is 210 g/mol. The number of rotatable bonds is 3. The fraction of sp³-hybridized carbons (Fsp3) is 0.500. The summed E-state index contributed by atoms with van der Waals surface area (Å²) < 4.78 is 0. The van der Waals surface area contributed by atoms with E-state index in [1.165, 1.54) is 4.90 Å². The Morgan fingerprint density at radius 1 is 1.36 bits per heavy atom. The molecule has 0 aliphatic rings. The lowest BCUT2D eigenvalue weighted by Gasteiger charge is -2.28. The maximum Gasteiger partial charge on any atom is 0.0891 e. The van der Waals surface area contributed by atoms with Crippen LogP contribution < -0.4 is 0 Å². The van der Waals surface area contributed by atoms with Crippen LogP contribution in [0.2, 0.25) is 0 Å². The summed E-state index contributed by atoms with van der Waals surface area (Å²) in [6.45, 7) is 5.94. The van der Waals surface area contributed by atoms with E-state index in [0.29, 0.717) is 0 Å². The van der Waals surface area contributed by atoms with Gasteiger partial charge in [0.05, 0.1) is 5.60 Å². The minimum Gasteiger partial charge on any atom is -0.385 e. The summed E-state index contributed by atoms with van der Waals surface area (Å²) in [5, 5.41) is 10.3. The molecule has 2 heteroatoms. The molecule has 1 rings (SSSR count). The van der Waals surface area contributed by atoms with Crippen molar-refractivity contribution in [2.45, 2.75) is 31.3 Å². The van der Waals surface area contributed by atoms with E-state index in [2.05, 4.69) is 12.1 Å². The van der Waals surface area contributed by atoms with E-state index < -0.39 is 5.60 Å². The first-order chi connectivity index (χ1) is 6.48. The fourth-order valence-corrected chi connectivity index (χ4v) is 1.73. The second-order valence-corrected chi connectivity index (χ2v) is 4.91. The van der Waals surface area contributed by atoms with Crippen molar-refractivity contribution >= 4 is 11.8 Å². The molecule has 1 N–H and O–H groups in total. The van der Waals surface area contributed by atoms with Crippen LogP contribution in [0.15, 0.2) is 29.2 Å². The first kappa shape index (κ1) is 11.6. The van der Waals surface area contributed by atoms with Gasteiger partial charge in [-0.2, -0.15) is 0 Å². The third-order valence-corrected chi connectivity index (χ3v) is 3.50. The third-order valence-electron chi connectivity index (χ3n) is 2.78. The van der Waals surface area contributed by atoms with Crippen molar-refractivity contribution in [1.82, 2.24) is 0 Å². The van der Waals surface area contributed by atoms with E-state index in [-0.39, 0.29) is 5.92 Å². The number of benzene rings is 1. The van der Waals surface area contributed by atoms with Crippen LogP contribution in [0.4, 0.5) is 0 Å². The van der Waals surface area contributed by atoms with Crippen LogP contribution in [0.3, 0.4) is 0 Å². The predicted molar refractivity (Wildman–Crippen MR) is 62.6 cm³/mol. The first-order valence-corrected chi connectivity index (χ1v) is 6.08. The van der Waals surface area contributed by atoms with Crippen LogP contribution in [0.5, 0.6) is 0 Å². The molecule has 1 aromatic carbocycles. The molecular weight excluding hydrogens is 192 g/mol. The second kappa shape index (κ2) is 4.37. The average Bonchev–Trinajstić information content (AvgIpc) is 2.17. The lowest BCUT2D eigenvalue weighted by molar-refractivity contribution is 0.00886. The number of hydrogen-bond donors (Lipinski definition) is 1. The quantitative estimate of drug-likeness (QED) is 0.773. The van der Waals surface area contributed by atoms with E-state index in [1.807, 2.05) is 39.2 Å². The molecule has 0 saturated heterocycles. The standard InChI is InChI=1S/C12H18OS/c1-9(2)12(3,13)10-6-5-7-11(8-10)14-4/h5-9,13H,1-4H3/t12-/m1/s1.